The summed E-state index contributed by atoms with van der Waals surface area (Å²) in [6.07, 6.45) is 3.22. The smallest absolute Gasteiger partial charge is 0.240 e. The predicted octanol–water partition coefficient (Wildman–Crippen LogP) is -0.549. The molecule has 1 N–H and O–H groups in total. The van der Waals surface area contributed by atoms with E-state index in [0.717, 1.165) is 18.1 Å². The van der Waals surface area contributed by atoms with Gasteiger partial charge in [-0.1, -0.05) is 0 Å². The molecule has 1 fully saturated rings. The maximum Gasteiger partial charge on any atom is 0.240 e. The number of aryl methyl sites for hydroxylation is 2. The molecule has 158 valence electrons. The zero-order valence-corrected chi connectivity index (χ0v) is 17.8. The molecule has 2 aliphatic rings. The van der Waals surface area contributed by atoms with Crippen LogP contribution < -0.4 is 10.0 Å². The molecule has 1 unspecified atom stereocenters. The van der Waals surface area contributed by atoms with Crippen molar-refractivity contribution in [2.45, 2.75) is 19.9 Å². The average Bonchev–Trinajstić information content (AvgIpc) is 3.23. The molecule has 2 aromatic heterocycles. The number of carbonyl (C=O) groups excluding carboxylic acids is 2. The van der Waals surface area contributed by atoms with Crippen molar-refractivity contribution in [2.24, 2.45) is 0 Å². The lowest BCUT2D eigenvalue weighted by Crippen LogP contribution is -3.14. The lowest BCUT2D eigenvalue weighted by molar-refractivity contribution is -0.907. The van der Waals surface area contributed by atoms with Crippen molar-refractivity contribution in [1.82, 2.24) is 14.9 Å². The highest BCUT2D eigenvalue weighted by atomic mass is 32.1. The van der Waals surface area contributed by atoms with E-state index >= 15 is 0 Å². The fourth-order valence-corrected chi connectivity index (χ4v) is 4.92. The fraction of sp³-hybridized carbons (Fsp3) is 0.429. The highest BCUT2D eigenvalue weighted by Gasteiger charge is 2.40. The summed E-state index contributed by atoms with van der Waals surface area (Å²) >= 11 is 1.25. The number of nitrogens with one attached hydrogen (secondary N) is 1. The number of hydrogen-bond acceptors (Lipinski definition) is 7. The van der Waals surface area contributed by atoms with Gasteiger partial charge in [-0.15, -0.1) is 11.3 Å². The molecule has 1 amide bonds. The van der Waals surface area contributed by atoms with Crippen molar-refractivity contribution in [2.75, 3.05) is 39.4 Å². The number of thiazole rings is 1. The molecule has 0 saturated carbocycles. The van der Waals surface area contributed by atoms with Gasteiger partial charge in [-0.05, 0) is 37.3 Å². The summed E-state index contributed by atoms with van der Waals surface area (Å²) in [5, 5.41) is 13.7. The Morgan fingerprint density at radius 1 is 1.30 bits per heavy atom. The molecular weight excluding hydrogens is 404 g/mol. The zero-order chi connectivity index (χ0) is 21.3. The number of amides is 1. The first-order valence-corrected chi connectivity index (χ1v) is 10.8. The number of quaternary nitrogens is 1. The second kappa shape index (κ2) is 8.63. The molecule has 2 aliphatic heterocycles. The maximum absolute atomic E-state index is 13.4. The summed E-state index contributed by atoms with van der Waals surface area (Å²) in [7, 11) is 0. The molecule has 4 heterocycles. The Hall–Kier alpha value is -2.62. The van der Waals surface area contributed by atoms with Crippen molar-refractivity contribution < 1.29 is 24.3 Å². The van der Waals surface area contributed by atoms with E-state index in [4.69, 9.17) is 4.74 Å². The summed E-state index contributed by atoms with van der Waals surface area (Å²) in [6, 6.07) is 2.80. The monoisotopic (exact) mass is 428 g/mol. The van der Waals surface area contributed by atoms with E-state index in [1.54, 1.807) is 31.5 Å². The van der Waals surface area contributed by atoms with E-state index in [1.807, 2.05) is 6.92 Å². The van der Waals surface area contributed by atoms with Gasteiger partial charge in [-0.2, -0.15) is 0 Å². The molecule has 30 heavy (non-hydrogen) atoms. The van der Waals surface area contributed by atoms with Gasteiger partial charge in [0.2, 0.25) is 11.7 Å². The molecule has 0 radical (unpaired) electrons. The lowest BCUT2D eigenvalue weighted by atomic mass is 9.96. The molecule has 0 spiro atoms. The SMILES string of the molecule is Cc1nc(C)c(C(=O)C2=C([O-])C(=O)N(CC[NH+]3CCOCC3)C2c2ccncc2)s1. The van der Waals surface area contributed by atoms with Gasteiger partial charge in [-0.3, -0.25) is 14.6 Å². The third kappa shape index (κ3) is 3.88. The third-order valence-electron chi connectivity index (χ3n) is 5.57. The van der Waals surface area contributed by atoms with Crippen LogP contribution in [0.25, 0.3) is 0 Å². The zero-order valence-electron chi connectivity index (χ0n) is 17.0. The number of aromatic nitrogens is 2. The Kier molecular flexibility index (Phi) is 5.94. The van der Waals surface area contributed by atoms with Gasteiger partial charge in [0.25, 0.3) is 0 Å². The molecule has 8 nitrogen and oxygen atoms in total. The second-order valence-corrected chi connectivity index (χ2v) is 8.72. The van der Waals surface area contributed by atoms with Crippen molar-refractivity contribution in [3.05, 3.63) is 57.0 Å². The number of ketones is 1. The highest BCUT2D eigenvalue weighted by Crippen LogP contribution is 2.38. The average molecular weight is 429 g/mol. The van der Waals surface area contributed by atoms with Gasteiger partial charge >= 0.3 is 0 Å². The van der Waals surface area contributed by atoms with Crippen LogP contribution in [0.5, 0.6) is 0 Å². The Morgan fingerprint density at radius 3 is 2.63 bits per heavy atom. The van der Waals surface area contributed by atoms with Crippen molar-refractivity contribution >= 4 is 23.0 Å². The van der Waals surface area contributed by atoms with E-state index < -0.39 is 23.5 Å². The van der Waals surface area contributed by atoms with E-state index in [9.17, 15) is 14.7 Å². The minimum Gasteiger partial charge on any atom is -0.868 e. The topological polar surface area (TPSA) is 99.9 Å². The van der Waals surface area contributed by atoms with Gasteiger partial charge in [-0.25, -0.2) is 4.98 Å². The quantitative estimate of drug-likeness (QED) is 0.620. The second-order valence-electron chi connectivity index (χ2n) is 7.51. The van der Waals surface area contributed by atoms with Crippen LogP contribution >= 0.6 is 11.3 Å². The van der Waals surface area contributed by atoms with E-state index in [2.05, 4.69) is 9.97 Å². The highest BCUT2D eigenvalue weighted by molar-refractivity contribution is 7.14. The van der Waals surface area contributed by atoms with Crippen LogP contribution in [-0.2, 0) is 9.53 Å². The molecule has 4 rings (SSSR count). The molecule has 1 atom stereocenters. The molecule has 2 aromatic rings. The molecule has 1 saturated heterocycles. The Balaban J connectivity index is 1.67. The number of rotatable bonds is 6. The third-order valence-corrected chi connectivity index (χ3v) is 6.64. The maximum atomic E-state index is 13.4. The molecule has 0 aliphatic carbocycles. The van der Waals surface area contributed by atoms with Gasteiger partial charge in [0.1, 0.15) is 13.1 Å². The predicted molar refractivity (Wildman–Crippen MR) is 108 cm³/mol. The standard InChI is InChI=1S/C21H24N4O4S/c1-13-20(30-14(2)23-13)18(26)16-17(15-3-5-22-6-4-15)25(21(28)19(16)27)8-7-24-9-11-29-12-10-24/h3-6,17,27H,7-12H2,1-2H3. The van der Waals surface area contributed by atoms with E-state index in [1.165, 1.54) is 21.1 Å². The molecule has 9 heteroatoms. The summed E-state index contributed by atoms with van der Waals surface area (Å²) in [5.41, 5.74) is 1.30. The first-order chi connectivity index (χ1) is 14.5. The summed E-state index contributed by atoms with van der Waals surface area (Å²) in [4.78, 5) is 37.9. The van der Waals surface area contributed by atoms with Crippen LogP contribution in [0.1, 0.15) is 32.0 Å². The van der Waals surface area contributed by atoms with Crippen LogP contribution in [0.15, 0.2) is 35.9 Å². The normalized spacial score (nSPS) is 20.3. The van der Waals surface area contributed by atoms with Crippen molar-refractivity contribution in [1.29, 1.82) is 0 Å². The largest absolute Gasteiger partial charge is 0.868 e. The minimum absolute atomic E-state index is 0.00919. The van der Waals surface area contributed by atoms with Crippen LogP contribution in [-0.4, -0.2) is 66.0 Å². The Bertz CT molecular complexity index is 982. The van der Waals surface area contributed by atoms with Gasteiger partial charge < -0.3 is 19.6 Å². The number of hydrogen-bond donors (Lipinski definition) is 1. The Morgan fingerprint density at radius 2 is 2.00 bits per heavy atom. The number of carbonyl (C=O) groups is 2. The minimum atomic E-state index is -0.718. The van der Waals surface area contributed by atoms with Gasteiger partial charge in [0.15, 0.2) is 0 Å². The Labute approximate surface area is 178 Å². The molecular formula is C21H24N4O4S. The number of ether oxygens (including phenoxy) is 1. The van der Waals surface area contributed by atoms with Crippen molar-refractivity contribution in [3.63, 3.8) is 0 Å². The number of pyridine rings is 1. The number of morpholine rings is 1. The summed E-state index contributed by atoms with van der Waals surface area (Å²) in [5.74, 6) is -1.74. The van der Waals surface area contributed by atoms with Crippen LogP contribution in [0.4, 0.5) is 0 Å². The van der Waals surface area contributed by atoms with Crippen LogP contribution in [0, 0.1) is 13.8 Å². The van der Waals surface area contributed by atoms with E-state index in [0.29, 0.717) is 42.4 Å². The number of Topliss-reactive ketones (excluding diaryl/α,β-unsaturated/α-hetero) is 1. The van der Waals surface area contributed by atoms with Crippen LogP contribution in [0.3, 0.4) is 0 Å². The molecule has 0 bridgehead atoms. The van der Waals surface area contributed by atoms with Gasteiger partial charge in [0.05, 0.1) is 47.9 Å². The van der Waals surface area contributed by atoms with Crippen LogP contribution in [0.2, 0.25) is 0 Å². The first-order valence-electron chi connectivity index (χ1n) is 9.99. The number of nitrogens with zero attached hydrogens (tertiary/aromatic N) is 3. The van der Waals surface area contributed by atoms with Gasteiger partial charge in [0, 0.05) is 18.0 Å². The fourth-order valence-electron chi connectivity index (χ4n) is 4.05. The molecule has 0 aromatic carbocycles. The van der Waals surface area contributed by atoms with Crippen molar-refractivity contribution in [3.8, 4) is 0 Å². The summed E-state index contributed by atoms with van der Waals surface area (Å²) < 4.78 is 5.39. The summed E-state index contributed by atoms with van der Waals surface area (Å²) in [6.45, 7) is 7.77. The lowest BCUT2D eigenvalue weighted by Gasteiger charge is -2.30. The first kappa shape index (κ1) is 20.6. The van der Waals surface area contributed by atoms with E-state index in [-0.39, 0.29) is 5.57 Å².